The standard InChI is InChI=1S/C17H18N2O4/c20-16(19-9-8-13(11-19)17(21)22)7-6-15-18-10-14(23-15)12-4-2-1-3-5-12/h1-5,10,13H,6-9,11H2,(H,21,22)/t13-/m1/s1. The summed E-state index contributed by atoms with van der Waals surface area (Å²) in [6.45, 7) is 0.811. The van der Waals surface area contributed by atoms with Crippen LogP contribution in [0.3, 0.4) is 0 Å². The normalized spacial score (nSPS) is 17.4. The van der Waals surface area contributed by atoms with Crippen LogP contribution in [0.2, 0.25) is 0 Å². The van der Waals surface area contributed by atoms with Crippen molar-refractivity contribution in [1.82, 2.24) is 9.88 Å². The number of hydrogen-bond donors (Lipinski definition) is 1. The maximum absolute atomic E-state index is 12.1. The lowest BCUT2D eigenvalue weighted by atomic mass is 10.1. The molecule has 1 aromatic carbocycles. The van der Waals surface area contributed by atoms with E-state index in [0.29, 0.717) is 37.6 Å². The second kappa shape index (κ2) is 6.64. The number of oxazole rings is 1. The summed E-state index contributed by atoms with van der Waals surface area (Å²) in [7, 11) is 0. The molecule has 2 aromatic rings. The van der Waals surface area contributed by atoms with Crippen LogP contribution >= 0.6 is 0 Å². The van der Waals surface area contributed by atoms with Crippen molar-refractivity contribution in [2.45, 2.75) is 19.3 Å². The van der Waals surface area contributed by atoms with Crippen molar-refractivity contribution in [3.63, 3.8) is 0 Å². The van der Waals surface area contributed by atoms with Crippen LogP contribution in [0.4, 0.5) is 0 Å². The van der Waals surface area contributed by atoms with E-state index in [1.54, 1.807) is 11.1 Å². The summed E-state index contributed by atoms with van der Waals surface area (Å²) in [4.78, 5) is 28.9. The number of carbonyl (C=O) groups excluding carboxylic acids is 1. The van der Waals surface area contributed by atoms with E-state index < -0.39 is 11.9 Å². The molecule has 23 heavy (non-hydrogen) atoms. The quantitative estimate of drug-likeness (QED) is 0.914. The van der Waals surface area contributed by atoms with Crippen LogP contribution in [0.25, 0.3) is 11.3 Å². The Kier molecular flexibility index (Phi) is 4.41. The molecule has 1 aromatic heterocycles. The molecule has 0 radical (unpaired) electrons. The van der Waals surface area contributed by atoms with Gasteiger partial charge in [-0.2, -0.15) is 0 Å². The Labute approximate surface area is 133 Å². The number of carbonyl (C=O) groups is 2. The van der Waals surface area contributed by atoms with Gasteiger partial charge in [0.05, 0.1) is 12.1 Å². The van der Waals surface area contributed by atoms with Gasteiger partial charge in [0.15, 0.2) is 11.7 Å². The molecule has 120 valence electrons. The molecule has 1 amide bonds. The Balaban J connectivity index is 1.54. The molecule has 1 aliphatic heterocycles. The van der Waals surface area contributed by atoms with Gasteiger partial charge < -0.3 is 14.4 Å². The fraction of sp³-hybridized carbons (Fsp3) is 0.353. The summed E-state index contributed by atoms with van der Waals surface area (Å²) in [5.74, 6) is -0.120. The maximum Gasteiger partial charge on any atom is 0.308 e. The summed E-state index contributed by atoms with van der Waals surface area (Å²) in [6.07, 6.45) is 2.88. The molecule has 1 N–H and O–H groups in total. The molecule has 1 fully saturated rings. The van der Waals surface area contributed by atoms with E-state index in [2.05, 4.69) is 4.98 Å². The number of carboxylic acid groups (broad SMARTS) is 1. The van der Waals surface area contributed by atoms with Crippen molar-refractivity contribution in [1.29, 1.82) is 0 Å². The zero-order chi connectivity index (χ0) is 16.2. The third-order valence-corrected chi connectivity index (χ3v) is 4.05. The van der Waals surface area contributed by atoms with Gasteiger partial charge in [-0.1, -0.05) is 30.3 Å². The number of benzene rings is 1. The van der Waals surface area contributed by atoms with Crippen molar-refractivity contribution in [3.05, 3.63) is 42.4 Å². The molecule has 3 rings (SSSR count). The van der Waals surface area contributed by atoms with Crippen molar-refractivity contribution >= 4 is 11.9 Å². The van der Waals surface area contributed by atoms with E-state index in [9.17, 15) is 9.59 Å². The smallest absolute Gasteiger partial charge is 0.308 e. The van der Waals surface area contributed by atoms with Crippen LogP contribution in [-0.4, -0.2) is 40.0 Å². The van der Waals surface area contributed by atoms with Gasteiger partial charge in [0.2, 0.25) is 5.91 Å². The monoisotopic (exact) mass is 314 g/mol. The van der Waals surface area contributed by atoms with Gasteiger partial charge in [-0.15, -0.1) is 0 Å². The average molecular weight is 314 g/mol. The molecule has 0 unspecified atom stereocenters. The van der Waals surface area contributed by atoms with Crippen molar-refractivity contribution in [2.75, 3.05) is 13.1 Å². The Bertz CT molecular complexity index is 696. The summed E-state index contributed by atoms with van der Waals surface area (Å²) in [5.41, 5.74) is 0.946. The first-order valence-electron chi connectivity index (χ1n) is 7.64. The lowest BCUT2D eigenvalue weighted by Crippen LogP contribution is -2.30. The summed E-state index contributed by atoms with van der Waals surface area (Å²) >= 11 is 0. The second-order valence-electron chi connectivity index (χ2n) is 5.65. The largest absolute Gasteiger partial charge is 0.481 e. The first kappa shape index (κ1) is 15.3. The highest BCUT2D eigenvalue weighted by Crippen LogP contribution is 2.21. The third kappa shape index (κ3) is 3.59. The third-order valence-electron chi connectivity index (χ3n) is 4.05. The van der Waals surface area contributed by atoms with Crippen molar-refractivity contribution < 1.29 is 19.1 Å². The van der Waals surface area contributed by atoms with Gasteiger partial charge >= 0.3 is 5.97 Å². The fourth-order valence-corrected chi connectivity index (χ4v) is 2.72. The van der Waals surface area contributed by atoms with E-state index in [0.717, 1.165) is 5.56 Å². The van der Waals surface area contributed by atoms with E-state index in [4.69, 9.17) is 9.52 Å². The van der Waals surface area contributed by atoms with Gasteiger partial charge in [-0.05, 0) is 6.42 Å². The maximum atomic E-state index is 12.1. The SMILES string of the molecule is O=C(O)[C@@H]1CCN(C(=O)CCc2ncc(-c3ccccc3)o2)C1. The van der Waals surface area contributed by atoms with Crippen LogP contribution in [0.1, 0.15) is 18.7 Å². The van der Waals surface area contributed by atoms with E-state index in [1.165, 1.54) is 0 Å². The first-order chi connectivity index (χ1) is 11.1. The number of nitrogens with zero attached hydrogens (tertiary/aromatic N) is 2. The van der Waals surface area contributed by atoms with Crippen LogP contribution in [0.5, 0.6) is 0 Å². The second-order valence-corrected chi connectivity index (χ2v) is 5.65. The number of likely N-dealkylation sites (tertiary alicyclic amines) is 1. The minimum Gasteiger partial charge on any atom is -0.481 e. The van der Waals surface area contributed by atoms with Crippen LogP contribution in [0, 0.1) is 5.92 Å². The van der Waals surface area contributed by atoms with Crippen molar-refractivity contribution in [3.8, 4) is 11.3 Å². The van der Waals surface area contributed by atoms with E-state index in [-0.39, 0.29) is 12.3 Å². The highest BCUT2D eigenvalue weighted by atomic mass is 16.4. The van der Waals surface area contributed by atoms with Crippen LogP contribution in [-0.2, 0) is 16.0 Å². The number of aromatic nitrogens is 1. The van der Waals surface area contributed by atoms with Gasteiger partial charge in [0.1, 0.15) is 0 Å². The van der Waals surface area contributed by atoms with Crippen LogP contribution < -0.4 is 0 Å². The lowest BCUT2D eigenvalue weighted by Gasteiger charge is -2.14. The summed E-state index contributed by atoms with van der Waals surface area (Å²) < 4.78 is 5.67. The Morgan fingerprint density at radius 2 is 2.09 bits per heavy atom. The van der Waals surface area contributed by atoms with Gasteiger partial charge in [-0.25, -0.2) is 4.98 Å². The zero-order valence-electron chi connectivity index (χ0n) is 12.6. The predicted molar refractivity (Wildman–Crippen MR) is 82.6 cm³/mol. The Morgan fingerprint density at radius 3 is 2.78 bits per heavy atom. The molecular formula is C17H18N2O4. The molecule has 0 aliphatic carbocycles. The number of aliphatic carboxylic acids is 1. The average Bonchev–Trinajstić information content (AvgIpc) is 3.23. The molecule has 1 saturated heterocycles. The first-order valence-corrected chi connectivity index (χ1v) is 7.64. The minimum atomic E-state index is -0.833. The van der Waals surface area contributed by atoms with Gasteiger partial charge in [-0.3, -0.25) is 9.59 Å². The predicted octanol–water partition coefficient (Wildman–Crippen LogP) is 2.21. The van der Waals surface area contributed by atoms with E-state index in [1.807, 2.05) is 30.3 Å². The zero-order valence-corrected chi connectivity index (χ0v) is 12.6. The molecule has 1 atom stereocenters. The number of hydrogen-bond acceptors (Lipinski definition) is 4. The fourth-order valence-electron chi connectivity index (χ4n) is 2.72. The molecule has 0 saturated carbocycles. The van der Waals surface area contributed by atoms with Gasteiger partial charge in [0, 0.05) is 31.5 Å². The topological polar surface area (TPSA) is 83.6 Å². The summed E-state index contributed by atoms with van der Waals surface area (Å²) in [5, 5.41) is 8.97. The highest BCUT2D eigenvalue weighted by molar-refractivity contribution is 5.78. The highest BCUT2D eigenvalue weighted by Gasteiger charge is 2.30. The number of amides is 1. The molecule has 1 aliphatic rings. The lowest BCUT2D eigenvalue weighted by molar-refractivity contribution is -0.141. The number of carboxylic acids is 1. The Morgan fingerprint density at radius 1 is 1.30 bits per heavy atom. The number of rotatable bonds is 5. The molecular weight excluding hydrogens is 296 g/mol. The summed E-state index contributed by atoms with van der Waals surface area (Å²) in [6, 6.07) is 9.65. The van der Waals surface area contributed by atoms with Gasteiger partial charge in [0.25, 0.3) is 0 Å². The molecule has 6 nitrogen and oxygen atoms in total. The number of aryl methyl sites for hydroxylation is 1. The molecule has 6 heteroatoms. The van der Waals surface area contributed by atoms with E-state index >= 15 is 0 Å². The Hall–Kier alpha value is -2.63. The molecule has 2 heterocycles. The molecule has 0 spiro atoms. The van der Waals surface area contributed by atoms with Crippen molar-refractivity contribution in [2.24, 2.45) is 5.92 Å². The molecule has 0 bridgehead atoms. The van der Waals surface area contributed by atoms with Crippen LogP contribution in [0.15, 0.2) is 40.9 Å². The minimum absolute atomic E-state index is 0.0480.